The summed E-state index contributed by atoms with van der Waals surface area (Å²) >= 11 is 0. The predicted octanol–water partition coefficient (Wildman–Crippen LogP) is 1.76. The zero-order chi connectivity index (χ0) is 15.1. The molecule has 0 spiro atoms. The number of nitrogens with zero attached hydrogens (tertiary/aromatic N) is 3. The van der Waals surface area contributed by atoms with Crippen molar-refractivity contribution in [1.29, 1.82) is 0 Å². The van der Waals surface area contributed by atoms with Crippen molar-refractivity contribution in [2.45, 2.75) is 0 Å². The van der Waals surface area contributed by atoms with Gasteiger partial charge in [0.15, 0.2) is 0 Å². The van der Waals surface area contributed by atoms with Crippen LogP contribution in [-0.4, -0.2) is 21.5 Å². The monoisotopic (exact) mass is 287 g/mol. The second kappa shape index (κ2) is 6.96. The van der Waals surface area contributed by atoms with Crippen LogP contribution < -0.4 is 16.0 Å². The summed E-state index contributed by atoms with van der Waals surface area (Å²) in [5.41, 5.74) is 2.89. The molecule has 1 aromatic heterocycles. The summed E-state index contributed by atoms with van der Waals surface area (Å²) in [5, 5.41) is 10.9. The zero-order valence-electron chi connectivity index (χ0n) is 11.0. The molecule has 21 heavy (non-hydrogen) atoms. The Balaban J connectivity index is 2.05. The van der Waals surface area contributed by atoms with Gasteiger partial charge < -0.3 is 4.74 Å². The summed E-state index contributed by atoms with van der Waals surface area (Å²) in [6.07, 6.45) is 4.62. The van der Waals surface area contributed by atoms with E-state index in [-0.39, 0.29) is 24.1 Å². The number of benzene rings is 1. The van der Waals surface area contributed by atoms with E-state index in [1.54, 1.807) is 6.08 Å². The summed E-state index contributed by atoms with van der Waals surface area (Å²) in [5.74, 6) is 5.07. The summed E-state index contributed by atoms with van der Waals surface area (Å²) in [4.78, 5) is 17.7. The minimum atomic E-state index is -0.615. The average Bonchev–Trinajstić information content (AvgIpc) is 2.52. The highest BCUT2D eigenvalue weighted by Crippen LogP contribution is 2.24. The van der Waals surface area contributed by atoms with E-state index in [4.69, 9.17) is 10.6 Å². The Labute approximate surface area is 120 Å². The number of rotatable bonds is 6. The Morgan fingerprint density at radius 1 is 1.38 bits per heavy atom. The second-order valence-corrected chi connectivity index (χ2v) is 3.91. The van der Waals surface area contributed by atoms with Crippen LogP contribution in [0.2, 0.25) is 0 Å². The minimum Gasteiger partial charge on any atom is -0.468 e. The first-order valence-electron chi connectivity index (χ1n) is 6.03. The molecule has 0 fully saturated rings. The standard InChI is InChI=1S/C13H13N5O3/c14-17-13-15-9-11(18(19)20)12(16-13)21-8-4-7-10-5-2-1-3-6-10/h1-7,9H,8,14H2,(H,15,16,17)/b7-4+. The molecular formula is C13H13N5O3. The Hall–Kier alpha value is -3.00. The first-order valence-corrected chi connectivity index (χ1v) is 6.03. The third kappa shape index (κ3) is 3.98. The molecule has 1 heterocycles. The fourth-order valence-corrected chi connectivity index (χ4v) is 1.54. The SMILES string of the molecule is NNc1ncc([N+](=O)[O-])c(OC/C=C/c2ccccc2)n1. The van der Waals surface area contributed by atoms with Crippen LogP contribution in [0.15, 0.2) is 42.6 Å². The van der Waals surface area contributed by atoms with Gasteiger partial charge in [-0.3, -0.25) is 15.5 Å². The molecule has 0 radical (unpaired) electrons. The number of hydrogen-bond donors (Lipinski definition) is 2. The maximum Gasteiger partial charge on any atom is 0.349 e. The van der Waals surface area contributed by atoms with E-state index in [0.717, 1.165) is 11.8 Å². The molecule has 0 aliphatic rings. The number of anilines is 1. The number of nitrogens with one attached hydrogen (secondary N) is 1. The highest BCUT2D eigenvalue weighted by Gasteiger charge is 2.18. The van der Waals surface area contributed by atoms with E-state index in [1.165, 1.54) is 0 Å². The van der Waals surface area contributed by atoms with Gasteiger partial charge in [-0.2, -0.15) is 4.98 Å². The van der Waals surface area contributed by atoms with Gasteiger partial charge >= 0.3 is 5.69 Å². The fraction of sp³-hybridized carbons (Fsp3) is 0.0769. The van der Waals surface area contributed by atoms with Gasteiger partial charge in [-0.15, -0.1) is 0 Å². The zero-order valence-corrected chi connectivity index (χ0v) is 11.0. The summed E-state index contributed by atoms with van der Waals surface area (Å²) < 4.78 is 5.29. The van der Waals surface area contributed by atoms with Crippen LogP contribution in [0.25, 0.3) is 6.08 Å². The molecule has 0 unspecified atom stereocenters. The third-order valence-corrected chi connectivity index (χ3v) is 2.49. The third-order valence-electron chi connectivity index (χ3n) is 2.49. The number of nitro groups is 1. The van der Waals surface area contributed by atoms with E-state index in [1.807, 2.05) is 36.4 Å². The topological polar surface area (TPSA) is 116 Å². The first kappa shape index (κ1) is 14.4. The van der Waals surface area contributed by atoms with Gasteiger partial charge in [-0.25, -0.2) is 10.8 Å². The van der Waals surface area contributed by atoms with Gasteiger partial charge in [0.25, 0.3) is 5.88 Å². The van der Waals surface area contributed by atoms with Crippen LogP contribution in [0.5, 0.6) is 5.88 Å². The van der Waals surface area contributed by atoms with Crippen LogP contribution >= 0.6 is 0 Å². The molecule has 0 amide bonds. The first-order chi connectivity index (χ1) is 10.2. The molecule has 2 rings (SSSR count). The molecule has 0 aliphatic heterocycles. The van der Waals surface area contributed by atoms with Crippen molar-refractivity contribution in [3.8, 4) is 5.88 Å². The number of aromatic nitrogens is 2. The van der Waals surface area contributed by atoms with Crippen LogP contribution in [0.3, 0.4) is 0 Å². The van der Waals surface area contributed by atoms with Crippen molar-refractivity contribution in [3.05, 3.63) is 58.3 Å². The number of ether oxygens (including phenoxy) is 1. The van der Waals surface area contributed by atoms with Gasteiger partial charge in [-0.1, -0.05) is 36.4 Å². The molecular weight excluding hydrogens is 274 g/mol. The van der Waals surface area contributed by atoms with Gasteiger partial charge in [-0.05, 0) is 11.6 Å². The lowest BCUT2D eigenvalue weighted by atomic mass is 10.2. The molecule has 0 aliphatic carbocycles. The Morgan fingerprint density at radius 2 is 2.14 bits per heavy atom. The van der Waals surface area contributed by atoms with Gasteiger partial charge in [0.05, 0.1) is 4.92 Å². The van der Waals surface area contributed by atoms with Crippen LogP contribution in [0.1, 0.15) is 5.56 Å². The molecule has 3 N–H and O–H groups in total. The molecule has 0 bridgehead atoms. The average molecular weight is 287 g/mol. The molecule has 2 aromatic rings. The van der Waals surface area contributed by atoms with E-state index < -0.39 is 4.92 Å². The lowest BCUT2D eigenvalue weighted by molar-refractivity contribution is -0.386. The minimum absolute atomic E-state index is 0.0441. The van der Waals surface area contributed by atoms with E-state index in [9.17, 15) is 10.1 Å². The maximum absolute atomic E-state index is 10.9. The molecule has 8 heteroatoms. The smallest absolute Gasteiger partial charge is 0.349 e. The van der Waals surface area contributed by atoms with Crippen molar-refractivity contribution in [3.63, 3.8) is 0 Å². The Bertz CT molecular complexity index is 646. The largest absolute Gasteiger partial charge is 0.468 e. The lowest BCUT2D eigenvalue weighted by Crippen LogP contribution is -2.12. The fourth-order valence-electron chi connectivity index (χ4n) is 1.54. The maximum atomic E-state index is 10.9. The van der Waals surface area contributed by atoms with E-state index >= 15 is 0 Å². The highest BCUT2D eigenvalue weighted by atomic mass is 16.6. The van der Waals surface area contributed by atoms with Gasteiger partial charge in [0.2, 0.25) is 5.95 Å². The Kier molecular flexibility index (Phi) is 4.78. The normalized spacial score (nSPS) is 10.5. The molecule has 1 aromatic carbocycles. The van der Waals surface area contributed by atoms with Gasteiger partial charge in [0, 0.05) is 0 Å². The molecule has 0 saturated heterocycles. The van der Waals surface area contributed by atoms with Crippen molar-refractivity contribution in [1.82, 2.24) is 9.97 Å². The van der Waals surface area contributed by atoms with Crippen LogP contribution in [0, 0.1) is 10.1 Å². The molecule has 108 valence electrons. The summed E-state index contributed by atoms with van der Waals surface area (Å²) in [7, 11) is 0. The van der Waals surface area contributed by atoms with Crippen molar-refractivity contribution in [2.75, 3.05) is 12.0 Å². The summed E-state index contributed by atoms with van der Waals surface area (Å²) in [6, 6.07) is 9.60. The molecule has 8 nitrogen and oxygen atoms in total. The number of nitrogen functional groups attached to an aromatic ring is 1. The second-order valence-electron chi connectivity index (χ2n) is 3.91. The van der Waals surface area contributed by atoms with E-state index in [0.29, 0.717) is 0 Å². The van der Waals surface area contributed by atoms with Gasteiger partial charge in [0.1, 0.15) is 12.8 Å². The summed E-state index contributed by atoms with van der Waals surface area (Å²) in [6.45, 7) is 0.136. The predicted molar refractivity (Wildman–Crippen MR) is 77.5 cm³/mol. The van der Waals surface area contributed by atoms with Crippen molar-refractivity contribution in [2.24, 2.45) is 5.84 Å². The number of nitrogens with two attached hydrogens (primary N) is 1. The van der Waals surface area contributed by atoms with Crippen LogP contribution in [-0.2, 0) is 0 Å². The lowest BCUT2D eigenvalue weighted by Gasteiger charge is -2.04. The van der Waals surface area contributed by atoms with Crippen molar-refractivity contribution < 1.29 is 9.66 Å². The number of hydrazine groups is 1. The van der Waals surface area contributed by atoms with Crippen LogP contribution in [0.4, 0.5) is 11.6 Å². The molecule has 0 saturated carbocycles. The highest BCUT2D eigenvalue weighted by molar-refractivity contribution is 5.49. The molecule has 0 atom stereocenters. The van der Waals surface area contributed by atoms with E-state index in [2.05, 4.69) is 15.4 Å². The van der Waals surface area contributed by atoms with Crippen molar-refractivity contribution >= 4 is 17.7 Å². The quantitative estimate of drug-likeness (QED) is 0.472. The number of hydrogen-bond acceptors (Lipinski definition) is 7. The Morgan fingerprint density at radius 3 is 2.81 bits per heavy atom.